The van der Waals surface area contributed by atoms with E-state index in [2.05, 4.69) is 6.07 Å². The monoisotopic (exact) mass is 165 g/mol. The van der Waals surface area contributed by atoms with E-state index in [4.69, 9.17) is 0 Å². The zero-order valence-corrected chi connectivity index (χ0v) is 6.83. The minimum Gasteiger partial charge on any atom is -0.195 e. The van der Waals surface area contributed by atoms with Gasteiger partial charge in [-0.2, -0.15) is 4.39 Å². The third-order valence-electron chi connectivity index (χ3n) is 1.72. The zero-order chi connectivity index (χ0) is 7.84. The molecule has 1 heterocycles. The molecule has 0 aliphatic carbocycles. The third-order valence-corrected chi connectivity index (χ3v) is 2.78. The van der Waals surface area contributed by atoms with E-state index in [-0.39, 0.29) is 5.13 Å². The molecule has 0 atom stereocenters. The molecule has 0 nitrogen and oxygen atoms in total. The van der Waals surface area contributed by atoms with Gasteiger partial charge in [-0.3, -0.25) is 0 Å². The van der Waals surface area contributed by atoms with Crippen LogP contribution in [0.3, 0.4) is 0 Å². The van der Waals surface area contributed by atoms with Gasteiger partial charge in [-0.05, 0) is 30.5 Å². The molecule has 0 amide bonds. The van der Waals surface area contributed by atoms with Crippen LogP contribution in [0.4, 0.5) is 4.39 Å². The van der Waals surface area contributed by atoms with Crippen LogP contribution in [0.25, 0.3) is 10.1 Å². The zero-order valence-electron chi connectivity index (χ0n) is 6.02. The SMILES string of the molecule is Cc1c(F)sc2cc[c]cc12. The van der Waals surface area contributed by atoms with Gasteiger partial charge in [-0.15, -0.1) is 11.3 Å². The van der Waals surface area contributed by atoms with Crippen molar-refractivity contribution in [1.29, 1.82) is 0 Å². The molecule has 0 bridgehead atoms. The first-order valence-corrected chi connectivity index (χ1v) is 4.15. The molecule has 2 rings (SSSR count). The summed E-state index contributed by atoms with van der Waals surface area (Å²) in [4.78, 5) is 0. The summed E-state index contributed by atoms with van der Waals surface area (Å²) in [5.74, 6) is 0. The maximum absolute atomic E-state index is 12.9. The van der Waals surface area contributed by atoms with E-state index in [1.807, 2.05) is 12.1 Å². The Morgan fingerprint density at radius 2 is 2.36 bits per heavy atom. The van der Waals surface area contributed by atoms with Gasteiger partial charge in [0.05, 0.1) is 0 Å². The Hall–Kier alpha value is -0.890. The fourth-order valence-electron chi connectivity index (χ4n) is 1.08. The van der Waals surface area contributed by atoms with Crippen LogP contribution in [-0.2, 0) is 0 Å². The molecule has 2 aromatic rings. The molecule has 0 saturated heterocycles. The molecule has 1 radical (unpaired) electrons. The van der Waals surface area contributed by atoms with Crippen LogP contribution in [0.1, 0.15) is 5.56 Å². The van der Waals surface area contributed by atoms with Crippen LogP contribution in [0, 0.1) is 18.1 Å². The molecule has 0 spiro atoms. The number of benzene rings is 1. The molecule has 0 aliphatic heterocycles. The topological polar surface area (TPSA) is 0 Å². The highest BCUT2D eigenvalue weighted by Crippen LogP contribution is 2.28. The summed E-state index contributed by atoms with van der Waals surface area (Å²) in [7, 11) is 0. The molecule has 55 valence electrons. The summed E-state index contributed by atoms with van der Waals surface area (Å²) in [5.41, 5.74) is 0.738. The second-order valence-electron chi connectivity index (χ2n) is 2.42. The summed E-state index contributed by atoms with van der Waals surface area (Å²) in [5, 5.41) is 0.898. The number of rotatable bonds is 0. The lowest BCUT2D eigenvalue weighted by molar-refractivity contribution is 0.650. The van der Waals surface area contributed by atoms with Gasteiger partial charge >= 0.3 is 0 Å². The summed E-state index contributed by atoms with van der Waals surface area (Å²) < 4.78 is 13.9. The first-order valence-electron chi connectivity index (χ1n) is 3.34. The maximum atomic E-state index is 12.9. The Kier molecular flexibility index (Phi) is 1.43. The lowest BCUT2D eigenvalue weighted by Crippen LogP contribution is -1.69. The molecule has 0 saturated carbocycles. The van der Waals surface area contributed by atoms with Crippen LogP contribution in [-0.4, -0.2) is 0 Å². The number of hydrogen-bond donors (Lipinski definition) is 0. The van der Waals surface area contributed by atoms with Gasteiger partial charge in [-0.25, -0.2) is 0 Å². The molecule has 11 heavy (non-hydrogen) atoms. The number of aryl methyl sites for hydroxylation is 1. The lowest BCUT2D eigenvalue weighted by atomic mass is 10.2. The van der Waals surface area contributed by atoms with Gasteiger partial charge in [-0.1, -0.05) is 6.07 Å². The Balaban J connectivity index is 2.92. The molecular weight excluding hydrogens is 159 g/mol. The smallest absolute Gasteiger partial charge is 0.180 e. The Morgan fingerprint density at radius 1 is 1.55 bits per heavy atom. The van der Waals surface area contributed by atoms with Crippen molar-refractivity contribution in [1.82, 2.24) is 0 Å². The summed E-state index contributed by atoms with van der Waals surface area (Å²) >= 11 is 1.19. The quantitative estimate of drug-likeness (QED) is 0.562. The van der Waals surface area contributed by atoms with Gasteiger partial charge in [0.25, 0.3) is 0 Å². The maximum Gasteiger partial charge on any atom is 0.180 e. The second-order valence-corrected chi connectivity index (χ2v) is 3.43. The molecule has 1 aromatic carbocycles. The van der Waals surface area contributed by atoms with E-state index in [1.165, 1.54) is 11.3 Å². The number of hydrogen-bond acceptors (Lipinski definition) is 1. The minimum absolute atomic E-state index is 0.0837. The van der Waals surface area contributed by atoms with Crippen LogP contribution < -0.4 is 0 Å². The van der Waals surface area contributed by atoms with Gasteiger partial charge in [0.1, 0.15) is 0 Å². The van der Waals surface area contributed by atoms with Crippen molar-refractivity contribution in [3.63, 3.8) is 0 Å². The largest absolute Gasteiger partial charge is 0.195 e. The van der Waals surface area contributed by atoms with E-state index in [0.717, 1.165) is 15.6 Å². The van der Waals surface area contributed by atoms with Crippen molar-refractivity contribution in [2.45, 2.75) is 6.92 Å². The number of thiophene rings is 1. The predicted molar refractivity (Wildman–Crippen MR) is 45.4 cm³/mol. The van der Waals surface area contributed by atoms with Gasteiger partial charge in [0, 0.05) is 10.3 Å². The Bertz CT molecular complexity index is 389. The van der Waals surface area contributed by atoms with E-state index in [0.29, 0.717) is 0 Å². The summed E-state index contributed by atoms with van der Waals surface area (Å²) in [6, 6.07) is 8.44. The standard InChI is InChI=1S/C9H6FS/c1-6-7-4-2-3-5-8(7)11-9(6)10/h3-5H,1H3. The van der Waals surface area contributed by atoms with Crippen molar-refractivity contribution in [2.24, 2.45) is 0 Å². The first kappa shape index (κ1) is 6.80. The van der Waals surface area contributed by atoms with Gasteiger partial charge in [0.2, 0.25) is 0 Å². The van der Waals surface area contributed by atoms with E-state index in [1.54, 1.807) is 13.0 Å². The fourth-order valence-corrected chi connectivity index (χ4v) is 1.99. The fraction of sp³-hybridized carbons (Fsp3) is 0.111. The van der Waals surface area contributed by atoms with E-state index < -0.39 is 0 Å². The first-order chi connectivity index (χ1) is 5.29. The number of fused-ring (bicyclic) bond motifs is 1. The van der Waals surface area contributed by atoms with Crippen LogP contribution in [0.2, 0.25) is 0 Å². The average molecular weight is 165 g/mol. The lowest BCUT2D eigenvalue weighted by Gasteiger charge is -1.86. The molecule has 2 heteroatoms. The predicted octanol–water partition coefficient (Wildman–Crippen LogP) is 3.15. The molecule has 0 unspecified atom stereocenters. The highest BCUT2D eigenvalue weighted by Gasteiger charge is 2.05. The number of halogens is 1. The average Bonchev–Trinajstić information content (AvgIpc) is 2.30. The van der Waals surface area contributed by atoms with Gasteiger partial charge in [0.15, 0.2) is 5.13 Å². The molecule has 0 N–H and O–H groups in total. The highest BCUT2D eigenvalue weighted by molar-refractivity contribution is 7.17. The third kappa shape index (κ3) is 0.942. The van der Waals surface area contributed by atoms with E-state index >= 15 is 0 Å². The molecule has 0 aliphatic rings. The Morgan fingerprint density at radius 3 is 3.09 bits per heavy atom. The van der Waals surface area contributed by atoms with Gasteiger partial charge < -0.3 is 0 Å². The summed E-state index contributed by atoms with van der Waals surface area (Å²) in [6.07, 6.45) is 0. The van der Waals surface area contributed by atoms with Crippen LogP contribution in [0.5, 0.6) is 0 Å². The molecule has 1 aromatic heterocycles. The summed E-state index contributed by atoms with van der Waals surface area (Å²) in [6.45, 7) is 1.79. The highest BCUT2D eigenvalue weighted by atomic mass is 32.1. The van der Waals surface area contributed by atoms with Crippen molar-refractivity contribution in [2.75, 3.05) is 0 Å². The van der Waals surface area contributed by atoms with Crippen molar-refractivity contribution in [3.8, 4) is 0 Å². The normalized spacial score (nSPS) is 10.7. The van der Waals surface area contributed by atoms with E-state index in [9.17, 15) is 4.39 Å². The second kappa shape index (κ2) is 2.31. The Labute approximate surface area is 68.3 Å². The molecular formula is C9H6FS. The molecule has 0 fully saturated rings. The van der Waals surface area contributed by atoms with Crippen LogP contribution >= 0.6 is 11.3 Å². The van der Waals surface area contributed by atoms with Crippen molar-refractivity contribution < 1.29 is 4.39 Å². The van der Waals surface area contributed by atoms with Crippen molar-refractivity contribution >= 4 is 21.4 Å². The minimum atomic E-state index is -0.0837. The van der Waals surface area contributed by atoms with Crippen LogP contribution in [0.15, 0.2) is 18.2 Å². The van der Waals surface area contributed by atoms with Crippen molar-refractivity contribution in [3.05, 3.63) is 35.0 Å².